The smallest absolute Gasteiger partial charge is 0.254 e. The molecule has 0 unspecified atom stereocenters. The molecular formula is C24H24N2O. The van der Waals surface area contributed by atoms with Gasteiger partial charge in [-0.15, -0.1) is 0 Å². The molecule has 3 aromatic rings. The molecule has 3 aromatic carbocycles. The number of benzene rings is 3. The standard InChI is InChI=1S/C24H24N2O/c1-17-4-2-6-20(16-17)25-12-14-26(15-13-25)24(27)22-11-10-19-9-8-18-5-3-7-21(22)23(18)19/h2-7,10-11,16H,8-9,12-15H2,1H3. The van der Waals surface area contributed by atoms with Crippen molar-refractivity contribution in [2.75, 3.05) is 31.1 Å². The molecule has 3 nitrogen and oxygen atoms in total. The molecule has 1 aliphatic carbocycles. The molecule has 0 radical (unpaired) electrons. The molecule has 1 heterocycles. The van der Waals surface area contributed by atoms with E-state index in [9.17, 15) is 4.79 Å². The van der Waals surface area contributed by atoms with Gasteiger partial charge < -0.3 is 9.80 Å². The number of rotatable bonds is 2. The molecule has 1 amide bonds. The van der Waals surface area contributed by atoms with Gasteiger partial charge in [0.1, 0.15) is 0 Å². The molecule has 0 bridgehead atoms. The van der Waals surface area contributed by atoms with Crippen LogP contribution in [-0.2, 0) is 12.8 Å². The molecule has 5 rings (SSSR count). The maximum Gasteiger partial charge on any atom is 0.254 e. The monoisotopic (exact) mass is 356 g/mol. The number of anilines is 1. The summed E-state index contributed by atoms with van der Waals surface area (Å²) in [6.07, 6.45) is 2.19. The minimum atomic E-state index is 0.175. The molecule has 1 aliphatic heterocycles. The quantitative estimate of drug-likeness (QED) is 0.687. The second-order valence-electron chi connectivity index (χ2n) is 7.73. The van der Waals surface area contributed by atoms with Crippen LogP contribution in [0.25, 0.3) is 10.8 Å². The number of hydrogen-bond donors (Lipinski definition) is 0. The zero-order valence-corrected chi connectivity index (χ0v) is 15.7. The summed E-state index contributed by atoms with van der Waals surface area (Å²) < 4.78 is 0. The van der Waals surface area contributed by atoms with Gasteiger partial charge in [-0.2, -0.15) is 0 Å². The van der Waals surface area contributed by atoms with Crippen LogP contribution in [0.1, 0.15) is 27.0 Å². The van der Waals surface area contributed by atoms with E-state index in [-0.39, 0.29) is 5.91 Å². The van der Waals surface area contributed by atoms with E-state index in [0.29, 0.717) is 0 Å². The van der Waals surface area contributed by atoms with Gasteiger partial charge in [-0.1, -0.05) is 36.4 Å². The fraction of sp³-hybridized carbons (Fsp3) is 0.292. The van der Waals surface area contributed by atoms with Gasteiger partial charge in [-0.3, -0.25) is 4.79 Å². The molecule has 0 aromatic heterocycles. The highest BCUT2D eigenvalue weighted by molar-refractivity contribution is 6.09. The third-order valence-electron chi connectivity index (χ3n) is 6.04. The highest BCUT2D eigenvalue weighted by Gasteiger charge is 2.25. The number of nitrogens with zero attached hydrogens (tertiary/aromatic N) is 2. The lowest BCUT2D eigenvalue weighted by Crippen LogP contribution is -2.48. The average molecular weight is 356 g/mol. The van der Waals surface area contributed by atoms with Crippen molar-refractivity contribution in [1.82, 2.24) is 4.90 Å². The van der Waals surface area contributed by atoms with E-state index in [0.717, 1.165) is 50.0 Å². The fourth-order valence-corrected chi connectivity index (χ4v) is 4.60. The van der Waals surface area contributed by atoms with Crippen LogP contribution in [-0.4, -0.2) is 37.0 Å². The molecular weight excluding hydrogens is 332 g/mol. The number of hydrogen-bond acceptors (Lipinski definition) is 2. The average Bonchev–Trinajstić information content (AvgIpc) is 3.13. The highest BCUT2D eigenvalue weighted by atomic mass is 16.2. The van der Waals surface area contributed by atoms with E-state index in [2.05, 4.69) is 60.4 Å². The van der Waals surface area contributed by atoms with Gasteiger partial charge in [0, 0.05) is 37.4 Å². The van der Waals surface area contributed by atoms with E-state index >= 15 is 0 Å². The Balaban J connectivity index is 1.38. The van der Waals surface area contributed by atoms with Crippen molar-refractivity contribution in [3.63, 3.8) is 0 Å². The fourth-order valence-electron chi connectivity index (χ4n) is 4.60. The van der Waals surface area contributed by atoms with Crippen LogP contribution < -0.4 is 4.90 Å². The van der Waals surface area contributed by atoms with Gasteiger partial charge in [-0.25, -0.2) is 0 Å². The van der Waals surface area contributed by atoms with Crippen molar-refractivity contribution in [3.05, 3.63) is 76.9 Å². The third kappa shape index (κ3) is 2.78. The van der Waals surface area contributed by atoms with Gasteiger partial charge >= 0.3 is 0 Å². The maximum absolute atomic E-state index is 13.3. The van der Waals surface area contributed by atoms with E-state index in [1.165, 1.54) is 27.8 Å². The Kier molecular flexibility index (Phi) is 3.89. The van der Waals surface area contributed by atoms with Crippen molar-refractivity contribution in [3.8, 4) is 0 Å². The van der Waals surface area contributed by atoms with Gasteiger partial charge in [-0.05, 0) is 65.4 Å². The molecule has 0 N–H and O–H groups in total. The third-order valence-corrected chi connectivity index (χ3v) is 6.04. The van der Waals surface area contributed by atoms with E-state index in [4.69, 9.17) is 0 Å². The number of carbonyl (C=O) groups excluding carboxylic acids is 1. The molecule has 136 valence electrons. The van der Waals surface area contributed by atoms with Crippen LogP contribution in [0, 0.1) is 6.92 Å². The molecule has 0 spiro atoms. The number of piperazine rings is 1. The Hall–Kier alpha value is -2.81. The zero-order chi connectivity index (χ0) is 18.4. The van der Waals surface area contributed by atoms with Crippen LogP contribution in [0.15, 0.2) is 54.6 Å². The lowest BCUT2D eigenvalue weighted by atomic mass is 9.99. The predicted molar refractivity (Wildman–Crippen MR) is 111 cm³/mol. The summed E-state index contributed by atoms with van der Waals surface area (Å²) in [4.78, 5) is 17.7. The van der Waals surface area contributed by atoms with Gasteiger partial charge in [0.2, 0.25) is 0 Å². The highest BCUT2D eigenvalue weighted by Crippen LogP contribution is 2.33. The summed E-state index contributed by atoms with van der Waals surface area (Å²) >= 11 is 0. The van der Waals surface area contributed by atoms with E-state index in [1.54, 1.807) is 0 Å². The van der Waals surface area contributed by atoms with Crippen molar-refractivity contribution in [2.45, 2.75) is 19.8 Å². The first-order valence-corrected chi connectivity index (χ1v) is 9.85. The number of aryl methyl sites for hydroxylation is 3. The summed E-state index contributed by atoms with van der Waals surface area (Å²) in [6.45, 7) is 5.44. The predicted octanol–water partition coefficient (Wildman–Crippen LogP) is 4.21. The SMILES string of the molecule is Cc1cccc(N2CCN(C(=O)c3ccc4c5c(cccc35)CC4)CC2)c1. The molecule has 3 heteroatoms. The topological polar surface area (TPSA) is 23.6 Å². The molecule has 0 atom stereocenters. The second kappa shape index (κ2) is 6.41. The Morgan fingerprint density at radius 2 is 1.59 bits per heavy atom. The largest absolute Gasteiger partial charge is 0.368 e. The first-order chi connectivity index (χ1) is 13.2. The Morgan fingerprint density at radius 1 is 0.852 bits per heavy atom. The number of amides is 1. The van der Waals surface area contributed by atoms with Crippen molar-refractivity contribution >= 4 is 22.4 Å². The normalized spacial score (nSPS) is 16.2. The molecule has 27 heavy (non-hydrogen) atoms. The Morgan fingerprint density at radius 3 is 2.37 bits per heavy atom. The van der Waals surface area contributed by atoms with Crippen molar-refractivity contribution in [2.24, 2.45) is 0 Å². The molecule has 0 saturated carbocycles. The minimum absolute atomic E-state index is 0.175. The molecule has 2 aliphatic rings. The first-order valence-electron chi connectivity index (χ1n) is 9.85. The van der Waals surface area contributed by atoms with Crippen LogP contribution in [0.4, 0.5) is 5.69 Å². The molecule has 1 saturated heterocycles. The van der Waals surface area contributed by atoms with E-state index in [1.807, 2.05) is 11.0 Å². The maximum atomic E-state index is 13.3. The molecule has 1 fully saturated rings. The van der Waals surface area contributed by atoms with Crippen LogP contribution in [0.3, 0.4) is 0 Å². The van der Waals surface area contributed by atoms with Gasteiger partial charge in [0.05, 0.1) is 0 Å². The lowest BCUT2D eigenvalue weighted by Gasteiger charge is -2.36. The van der Waals surface area contributed by atoms with E-state index < -0.39 is 0 Å². The Bertz CT molecular complexity index is 1020. The summed E-state index contributed by atoms with van der Waals surface area (Å²) in [5, 5.41) is 2.45. The first kappa shape index (κ1) is 16.4. The van der Waals surface area contributed by atoms with Crippen molar-refractivity contribution < 1.29 is 4.79 Å². The van der Waals surface area contributed by atoms with Crippen LogP contribution in [0.2, 0.25) is 0 Å². The van der Waals surface area contributed by atoms with Gasteiger partial charge in [0.15, 0.2) is 0 Å². The second-order valence-corrected chi connectivity index (χ2v) is 7.73. The number of carbonyl (C=O) groups is 1. The minimum Gasteiger partial charge on any atom is -0.368 e. The zero-order valence-electron chi connectivity index (χ0n) is 15.7. The van der Waals surface area contributed by atoms with Crippen LogP contribution >= 0.6 is 0 Å². The lowest BCUT2D eigenvalue weighted by molar-refractivity contribution is 0.0749. The Labute approximate surface area is 160 Å². The summed E-state index contributed by atoms with van der Waals surface area (Å²) in [7, 11) is 0. The van der Waals surface area contributed by atoms with Crippen molar-refractivity contribution in [1.29, 1.82) is 0 Å². The summed E-state index contributed by atoms with van der Waals surface area (Å²) in [5.41, 5.74) is 6.18. The summed E-state index contributed by atoms with van der Waals surface area (Å²) in [5.74, 6) is 0.175. The van der Waals surface area contributed by atoms with Crippen LogP contribution in [0.5, 0.6) is 0 Å². The summed E-state index contributed by atoms with van der Waals surface area (Å²) in [6, 6.07) is 19.2. The van der Waals surface area contributed by atoms with Gasteiger partial charge in [0.25, 0.3) is 5.91 Å².